The van der Waals surface area contributed by atoms with Crippen molar-refractivity contribution in [1.29, 1.82) is 0 Å². The molecule has 1 aromatic carbocycles. The Labute approximate surface area is 166 Å². The van der Waals surface area contributed by atoms with Crippen LogP contribution in [0.3, 0.4) is 0 Å². The number of fused-ring (bicyclic) bond motifs is 1. The van der Waals surface area contributed by atoms with Gasteiger partial charge in [0.25, 0.3) is 5.78 Å². The van der Waals surface area contributed by atoms with Gasteiger partial charge < -0.3 is 4.90 Å². The summed E-state index contributed by atoms with van der Waals surface area (Å²) in [5.74, 6) is 2.62. The molecule has 1 unspecified atom stereocenters. The number of piperidine rings is 2. The Bertz CT molecular complexity index is 929. The van der Waals surface area contributed by atoms with Crippen molar-refractivity contribution in [3.05, 3.63) is 42.7 Å². The van der Waals surface area contributed by atoms with Crippen LogP contribution in [0.4, 0.5) is 5.82 Å². The van der Waals surface area contributed by atoms with Crippen molar-refractivity contribution in [2.45, 2.75) is 38.6 Å². The Hall–Kier alpha value is -2.47. The molecule has 0 amide bonds. The summed E-state index contributed by atoms with van der Waals surface area (Å²) in [6.45, 7) is 7.05. The summed E-state index contributed by atoms with van der Waals surface area (Å²) in [4.78, 5) is 14.3. The molecule has 4 heterocycles. The fraction of sp³-hybridized carbons (Fsp3) is 0.500. The topological polar surface area (TPSA) is 49.6 Å². The number of hydrogen-bond acceptors (Lipinski definition) is 5. The van der Waals surface area contributed by atoms with E-state index in [1.165, 1.54) is 38.8 Å². The zero-order valence-corrected chi connectivity index (χ0v) is 16.5. The third-order valence-electron chi connectivity index (χ3n) is 6.30. The van der Waals surface area contributed by atoms with Gasteiger partial charge in [-0.2, -0.15) is 14.6 Å². The molecule has 0 N–H and O–H groups in total. The Morgan fingerprint density at radius 2 is 1.82 bits per heavy atom. The lowest BCUT2D eigenvalue weighted by Gasteiger charge is -2.42. The van der Waals surface area contributed by atoms with Crippen LogP contribution in [0.25, 0.3) is 17.0 Å². The molecule has 3 aromatic rings. The van der Waals surface area contributed by atoms with Crippen LogP contribution >= 0.6 is 0 Å². The van der Waals surface area contributed by atoms with Crippen molar-refractivity contribution in [2.24, 2.45) is 5.92 Å². The quantitative estimate of drug-likeness (QED) is 0.700. The zero-order chi connectivity index (χ0) is 18.9. The Morgan fingerprint density at radius 3 is 2.61 bits per heavy atom. The van der Waals surface area contributed by atoms with Gasteiger partial charge in [-0.1, -0.05) is 37.3 Å². The summed E-state index contributed by atoms with van der Waals surface area (Å²) < 4.78 is 1.88. The molecule has 0 spiro atoms. The number of benzene rings is 1. The predicted octanol–water partition coefficient (Wildman–Crippen LogP) is 3.49. The van der Waals surface area contributed by atoms with Gasteiger partial charge in [-0.25, -0.2) is 4.98 Å². The molecule has 0 radical (unpaired) electrons. The van der Waals surface area contributed by atoms with E-state index in [9.17, 15) is 0 Å². The monoisotopic (exact) mass is 376 g/mol. The average Bonchev–Trinajstić information content (AvgIpc) is 3.23. The highest BCUT2D eigenvalue weighted by molar-refractivity contribution is 5.65. The zero-order valence-electron chi connectivity index (χ0n) is 16.5. The van der Waals surface area contributed by atoms with Gasteiger partial charge in [0.05, 0.1) is 5.69 Å². The molecule has 1 atom stereocenters. The van der Waals surface area contributed by atoms with Crippen molar-refractivity contribution in [3.63, 3.8) is 0 Å². The largest absolute Gasteiger partial charge is 0.356 e. The van der Waals surface area contributed by atoms with E-state index in [2.05, 4.69) is 57.1 Å². The second-order valence-corrected chi connectivity index (χ2v) is 8.30. The molecule has 2 aliphatic rings. The molecule has 0 bridgehead atoms. The molecule has 2 aromatic heterocycles. The second-order valence-electron chi connectivity index (χ2n) is 8.30. The van der Waals surface area contributed by atoms with Crippen LogP contribution in [0.1, 0.15) is 32.6 Å². The Balaban J connectivity index is 1.38. The smallest absolute Gasteiger partial charge is 0.254 e. The van der Waals surface area contributed by atoms with Crippen molar-refractivity contribution >= 4 is 11.6 Å². The van der Waals surface area contributed by atoms with Crippen molar-refractivity contribution in [3.8, 4) is 11.3 Å². The molecule has 2 fully saturated rings. The molecule has 6 heteroatoms. The van der Waals surface area contributed by atoms with Crippen LogP contribution in [0.15, 0.2) is 42.7 Å². The first-order chi connectivity index (χ1) is 13.8. The predicted molar refractivity (Wildman–Crippen MR) is 111 cm³/mol. The standard InChI is InChI=1S/C22H28N6/c1-17-6-5-11-27(15-17)19-9-12-26(13-10-19)21-14-20(18-7-3-2-4-8-18)25-22-23-16-24-28(21)22/h2-4,7-8,14,16-17,19H,5-6,9-13,15H2,1H3. The molecule has 5 rings (SSSR count). The van der Waals surface area contributed by atoms with Crippen LogP contribution in [-0.2, 0) is 0 Å². The first-order valence-corrected chi connectivity index (χ1v) is 10.5. The van der Waals surface area contributed by atoms with Crippen LogP contribution < -0.4 is 4.90 Å². The lowest BCUT2D eigenvalue weighted by Crippen LogP contribution is -2.48. The van der Waals surface area contributed by atoms with Gasteiger partial charge in [-0.3, -0.25) is 4.90 Å². The summed E-state index contributed by atoms with van der Waals surface area (Å²) in [6.07, 6.45) is 6.77. The summed E-state index contributed by atoms with van der Waals surface area (Å²) in [7, 11) is 0. The van der Waals surface area contributed by atoms with Gasteiger partial charge in [0.15, 0.2) is 0 Å². The third kappa shape index (κ3) is 3.37. The van der Waals surface area contributed by atoms with E-state index >= 15 is 0 Å². The molecular formula is C22H28N6. The van der Waals surface area contributed by atoms with Gasteiger partial charge >= 0.3 is 0 Å². The highest BCUT2D eigenvalue weighted by atomic mass is 15.4. The summed E-state index contributed by atoms with van der Waals surface area (Å²) >= 11 is 0. The summed E-state index contributed by atoms with van der Waals surface area (Å²) in [5, 5.41) is 4.44. The maximum atomic E-state index is 4.71. The number of aromatic nitrogens is 4. The normalized spacial score (nSPS) is 22.0. The third-order valence-corrected chi connectivity index (χ3v) is 6.30. The van der Waals surface area contributed by atoms with Crippen LogP contribution in [0.2, 0.25) is 0 Å². The van der Waals surface area contributed by atoms with Crippen LogP contribution in [0, 0.1) is 5.92 Å². The van der Waals surface area contributed by atoms with Crippen molar-refractivity contribution in [2.75, 3.05) is 31.1 Å². The fourth-order valence-corrected chi connectivity index (χ4v) is 4.80. The van der Waals surface area contributed by atoms with E-state index in [-0.39, 0.29) is 0 Å². The minimum absolute atomic E-state index is 0.670. The first kappa shape index (κ1) is 17.6. The van der Waals surface area contributed by atoms with Crippen molar-refractivity contribution in [1.82, 2.24) is 24.5 Å². The lowest BCUT2D eigenvalue weighted by atomic mass is 9.95. The molecule has 0 aliphatic carbocycles. The first-order valence-electron chi connectivity index (χ1n) is 10.5. The van der Waals surface area contributed by atoms with Gasteiger partial charge in [0, 0.05) is 37.3 Å². The molecule has 146 valence electrons. The van der Waals surface area contributed by atoms with E-state index in [1.807, 2.05) is 10.6 Å². The second kappa shape index (κ2) is 7.51. The van der Waals surface area contributed by atoms with E-state index in [0.29, 0.717) is 5.78 Å². The highest BCUT2D eigenvalue weighted by Gasteiger charge is 2.28. The van der Waals surface area contributed by atoms with E-state index in [0.717, 1.165) is 42.1 Å². The van der Waals surface area contributed by atoms with Gasteiger partial charge in [0.1, 0.15) is 12.1 Å². The molecule has 0 saturated carbocycles. The molecule has 2 aliphatic heterocycles. The van der Waals surface area contributed by atoms with Gasteiger partial charge in [0.2, 0.25) is 0 Å². The number of rotatable bonds is 3. The lowest BCUT2D eigenvalue weighted by molar-refractivity contribution is 0.112. The molecular weight excluding hydrogens is 348 g/mol. The number of hydrogen-bond donors (Lipinski definition) is 0. The van der Waals surface area contributed by atoms with Crippen LogP contribution in [-0.4, -0.2) is 56.7 Å². The van der Waals surface area contributed by atoms with E-state index < -0.39 is 0 Å². The van der Waals surface area contributed by atoms with E-state index in [4.69, 9.17) is 4.98 Å². The molecule has 6 nitrogen and oxygen atoms in total. The van der Waals surface area contributed by atoms with Crippen LogP contribution in [0.5, 0.6) is 0 Å². The fourth-order valence-electron chi connectivity index (χ4n) is 4.80. The Kier molecular flexibility index (Phi) is 4.72. The average molecular weight is 377 g/mol. The number of nitrogens with zero attached hydrogens (tertiary/aromatic N) is 6. The molecule has 28 heavy (non-hydrogen) atoms. The minimum Gasteiger partial charge on any atom is -0.356 e. The highest BCUT2D eigenvalue weighted by Crippen LogP contribution is 2.28. The Morgan fingerprint density at radius 1 is 1.00 bits per heavy atom. The number of likely N-dealkylation sites (tertiary alicyclic amines) is 1. The SMILES string of the molecule is CC1CCCN(C2CCN(c3cc(-c4ccccc4)nc4ncnn34)CC2)C1. The van der Waals surface area contributed by atoms with Gasteiger partial charge in [-0.15, -0.1) is 0 Å². The van der Waals surface area contributed by atoms with Crippen molar-refractivity contribution < 1.29 is 0 Å². The number of anilines is 1. The maximum Gasteiger partial charge on any atom is 0.254 e. The van der Waals surface area contributed by atoms with E-state index in [1.54, 1.807) is 6.33 Å². The molecule has 2 saturated heterocycles. The summed E-state index contributed by atoms with van der Waals surface area (Å²) in [5.41, 5.74) is 2.08. The minimum atomic E-state index is 0.670. The van der Waals surface area contributed by atoms with Gasteiger partial charge in [-0.05, 0) is 38.1 Å². The maximum absolute atomic E-state index is 4.71. The summed E-state index contributed by atoms with van der Waals surface area (Å²) in [6, 6.07) is 13.2.